The van der Waals surface area contributed by atoms with Crippen LogP contribution in [0.3, 0.4) is 0 Å². The zero-order valence-electron chi connectivity index (χ0n) is 14.4. The van der Waals surface area contributed by atoms with E-state index in [-0.39, 0.29) is 12.8 Å². The van der Waals surface area contributed by atoms with E-state index in [9.17, 15) is 4.79 Å². The number of ether oxygens (including phenoxy) is 3. The van der Waals surface area contributed by atoms with Gasteiger partial charge in [0.25, 0.3) is 0 Å². The maximum Gasteiger partial charge on any atom is 0.315 e. The molecule has 0 aliphatic carbocycles. The van der Waals surface area contributed by atoms with Crippen LogP contribution in [0.4, 0.5) is 4.79 Å². The number of hydrogen-bond acceptors (Lipinski definition) is 4. The lowest BCUT2D eigenvalue weighted by molar-refractivity contribution is 0.174. The van der Waals surface area contributed by atoms with Crippen LogP contribution in [0.1, 0.15) is 16.7 Å². The Labute approximate surface area is 147 Å². The lowest BCUT2D eigenvalue weighted by atomic mass is 10.1. The van der Waals surface area contributed by atoms with Gasteiger partial charge in [0.2, 0.25) is 6.79 Å². The average Bonchev–Trinajstić information content (AvgIpc) is 3.08. The normalized spacial score (nSPS) is 11.9. The van der Waals surface area contributed by atoms with Crippen LogP contribution < -0.4 is 24.8 Å². The van der Waals surface area contributed by atoms with Crippen molar-refractivity contribution in [2.24, 2.45) is 0 Å². The fourth-order valence-electron chi connectivity index (χ4n) is 2.50. The van der Waals surface area contributed by atoms with Crippen molar-refractivity contribution in [1.82, 2.24) is 10.6 Å². The second-order valence-electron chi connectivity index (χ2n) is 5.84. The van der Waals surface area contributed by atoms with Crippen LogP contribution in [-0.2, 0) is 6.54 Å². The molecule has 1 heterocycles. The van der Waals surface area contributed by atoms with Crippen LogP contribution >= 0.6 is 0 Å². The topological polar surface area (TPSA) is 68.8 Å². The lowest BCUT2D eigenvalue weighted by Gasteiger charge is -2.12. The summed E-state index contributed by atoms with van der Waals surface area (Å²) in [5.74, 6) is 2.29. The SMILES string of the molecule is Cc1cccc(OCCNC(=O)NCc2ccc3c(c2)OCO3)c1C. The molecule has 0 saturated carbocycles. The highest BCUT2D eigenvalue weighted by Crippen LogP contribution is 2.32. The molecule has 0 radical (unpaired) electrons. The molecule has 2 aromatic carbocycles. The van der Waals surface area contributed by atoms with E-state index in [4.69, 9.17) is 14.2 Å². The minimum atomic E-state index is -0.234. The van der Waals surface area contributed by atoms with E-state index in [1.54, 1.807) is 0 Å². The maximum absolute atomic E-state index is 11.8. The summed E-state index contributed by atoms with van der Waals surface area (Å²) in [6.45, 7) is 5.58. The molecule has 1 aliphatic rings. The Hall–Kier alpha value is -2.89. The Morgan fingerprint density at radius 3 is 2.84 bits per heavy atom. The first-order chi connectivity index (χ1) is 12.1. The van der Waals surface area contributed by atoms with E-state index in [2.05, 4.69) is 10.6 Å². The van der Waals surface area contributed by atoms with Crippen molar-refractivity contribution in [3.63, 3.8) is 0 Å². The van der Waals surface area contributed by atoms with Gasteiger partial charge in [0.1, 0.15) is 12.4 Å². The van der Waals surface area contributed by atoms with Crippen molar-refractivity contribution in [3.8, 4) is 17.2 Å². The number of rotatable bonds is 6. The summed E-state index contributed by atoms with van der Waals surface area (Å²) >= 11 is 0. The highest BCUT2D eigenvalue weighted by Gasteiger charge is 2.13. The fourth-order valence-corrected chi connectivity index (χ4v) is 2.50. The summed E-state index contributed by atoms with van der Waals surface area (Å²) in [6.07, 6.45) is 0. The van der Waals surface area contributed by atoms with Gasteiger partial charge in [-0.2, -0.15) is 0 Å². The van der Waals surface area contributed by atoms with Crippen molar-refractivity contribution < 1.29 is 19.0 Å². The standard InChI is InChI=1S/C19H22N2O4/c1-13-4-3-5-16(14(13)2)23-9-8-20-19(22)21-11-15-6-7-17-18(10-15)25-12-24-17/h3-7,10H,8-9,11-12H2,1-2H3,(H2,20,21,22). The highest BCUT2D eigenvalue weighted by atomic mass is 16.7. The van der Waals surface area contributed by atoms with Gasteiger partial charge in [-0.05, 0) is 48.7 Å². The zero-order valence-corrected chi connectivity index (χ0v) is 14.4. The molecule has 0 fully saturated rings. The van der Waals surface area contributed by atoms with Gasteiger partial charge in [-0.15, -0.1) is 0 Å². The average molecular weight is 342 g/mol. The molecule has 6 heteroatoms. The van der Waals surface area contributed by atoms with Gasteiger partial charge in [0.15, 0.2) is 11.5 Å². The molecule has 3 rings (SSSR count). The van der Waals surface area contributed by atoms with E-state index in [1.807, 2.05) is 50.2 Å². The zero-order chi connectivity index (χ0) is 17.6. The van der Waals surface area contributed by atoms with E-state index < -0.39 is 0 Å². The number of urea groups is 1. The number of hydrogen-bond donors (Lipinski definition) is 2. The van der Waals surface area contributed by atoms with Crippen molar-refractivity contribution in [1.29, 1.82) is 0 Å². The molecular formula is C19H22N2O4. The highest BCUT2D eigenvalue weighted by molar-refractivity contribution is 5.73. The molecule has 25 heavy (non-hydrogen) atoms. The molecule has 6 nitrogen and oxygen atoms in total. The second-order valence-corrected chi connectivity index (χ2v) is 5.84. The molecule has 0 aromatic heterocycles. The predicted molar refractivity (Wildman–Crippen MR) is 94.2 cm³/mol. The fraction of sp³-hybridized carbons (Fsp3) is 0.316. The van der Waals surface area contributed by atoms with Crippen molar-refractivity contribution in [2.75, 3.05) is 19.9 Å². The number of benzene rings is 2. The third-order valence-electron chi connectivity index (χ3n) is 4.09. The van der Waals surface area contributed by atoms with Gasteiger partial charge in [0, 0.05) is 6.54 Å². The summed E-state index contributed by atoms with van der Waals surface area (Å²) in [5, 5.41) is 5.59. The number of fused-ring (bicyclic) bond motifs is 1. The predicted octanol–water partition coefficient (Wildman–Crippen LogP) is 2.91. The Morgan fingerprint density at radius 2 is 1.96 bits per heavy atom. The quantitative estimate of drug-likeness (QED) is 0.792. The Bertz CT molecular complexity index is 761. The third kappa shape index (κ3) is 4.35. The summed E-state index contributed by atoms with van der Waals surface area (Å²) in [6, 6.07) is 11.3. The van der Waals surface area contributed by atoms with Crippen LogP contribution in [-0.4, -0.2) is 26.0 Å². The van der Waals surface area contributed by atoms with Crippen LogP contribution in [0.2, 0.25) is 0 Å². The number of carbonyl (C=O) groups excluding carboxylic acids is 1. The monoisotopic (exact) mass is 342 g/mol. The van der Waals surface area contributed by atoms with E-state index in [0.29, 0.717) is 25.4 Å². The summed E-state index contributed by atoms with van der Waals surface area (Å²) < 4.78 is 16.3. The Kier molecular flexibility index (Phi) is 5.28. The van der Waals surface area contributed by atoms with Gasteiger partial charge in [0.05, 0.1) is 6.54 Å². The van der Waals surface area contributed by atoms with E-state index >= 15 is 0 Å². The number of amides is 2. The molecule has 2 amide bonds. The molecule has 0 atom stereocenters. The van der Waals surface area contributed by atoms with Gasteiger partial charge in [-0.25, -0.2) is 4.79 Å². The molecule has 2 aromatic rings. The van der Waals surface area contributed by atoms with Gasteiger partial charge in [-0.3, -0.25) is 0 Å². The molecule has 0 saturated heterocycles. The van der Waals surface area contributed by atoms with E-state index in [0.717, 1.165) is 22.6 Å². The first kappa shape index (κ1) is 17.0. The van der Waals surface area contributed by atoms with Crippen molar-refractivity contribution in [2.45, 2.75) is 20.4 Å². The van der Waals surface area contributed by atoms with Crippen molar-refractivity contribution >= 4 is 6.03 Å². The van der Waals surface area contributed by atoms with Crippen molar-refractivity contribution in [3.05, 3.63) is 53.1 Å². The number of aryl methyl sites for hydroxylation is 1. The summed E-state index contributed by atoms with van der Waals surface area (Å²) in [5.41, 5.74) is 3.26. The van der Waals surface area contributed by atoms with Gasteiger partial charge in [-0.1, -0.05) is 18.2 Å². The molecule has 0 spiro atoms. The number of nitrogens with one attached hydrogen (secondary N) is 2. The minimum Gasteiger partial charge on any atom is -0.491 e. The van der Waals surface area contributed by atoms with Gasteiger partial charge < -0.3 is 24.8 Å². The largest absolute Gasteiger partial charge is 0.491 e. The Balaban J connectivity index is 1.38. The molecule has 0 bridgehead atoms. The smallest absolute Gasteiger partial charge is 0.315 e. The first-order valence-corrected chi connectivity index (χ1v) is 8.23. The van der Waals surface area contributed by atoms with Crippen LogP contribution in [0.25, 0.3) is 0 Å². The Morgan fingerprint density at radius 1 is 1.12 bits per heavy atom. The lowest BCUT2D eigenvalue weighted by Crippen LogP contribution is -2.37. The maximum atomic E-state index is 11.8. The van der Waals surface area contributed by atoms with E-state index in [1.165, 1.54) is 5.56 Å². The number of carbonyl (C=O) groups is 1. The van der Waals surface area contributed by atoms with Crippen LogP contribution in [0.5, 0.6) is 17.2 Å². The van der Waals surface area contributed by atoms with Crippen LogP contribution in [0, 0.1) is 13.8 Å². The molecule has 1 aliphatic heterocycles. The van der Waals surface area contributed by atoms with Crippen LogP contribution in [0.15, 0.2) is 36.4 Å². The minimum absolute atomic E-state index is 0.234. The summed E-state index contributed by atoms with van der Waals surface area (Å²) in [7, 11) is 0. The molecule has 0 unspecified atom stereocenters. The summed E-state index contributed by atoms with van der Waals surface area (Å²) in [4.78, 5) is 11.8. The first-order valence-electron chi connectivity index (χ1n) is 8.23. The third-order valence-corrected chi connectivity index (χ3v) is 4.09. The second kappa shape index (κ2) is 7.79. The molecule has 132 valence electrons. The molecular weight excluding hydrogens is 320 g/mol. The van der Waals surface area contributed by atoms with Gasteiger partial charge >= 0.3 is 6.03 Å². The molecule has 2 N–H and O–H groups in total.